The van der Waals surface area contributed by atoms with Crippen LogP contribution in [0.3, 0.4) is 0 Å². The smallest absolute Gasteiger partial charge is 0.232 e. The molecule has 1 aromatic rings. The standard InChI is InChI=1S/C15H23ClN2O5S/c1-22-10-4-8-17-15(19)7-9-18(24(3,20)21)12-5-6-14(23-2)13(16)11-12/h5-6,11H,4,7-10H2,1-3H3,(H,17,19). The van der Waals surface area contributed by atoms with Crippen LogP contribution in [0.15, 0.2) is 18.2 Å². The molecule has 0 saturated heterocycles. The van der Waals surface area contributed by atoms with Gasteiger partial charge in [-0.05, 0) is 24.6 Å². The fourth-order valence-electron chi connectivity index (χ4n) is 2.03. The van der Waals surface area contributed by atoms with E-state index in [1.165, 1.54) is 13.2 Å². The Balaban J connectivity index is 2.74. The van der Waals surface area contributed by atoms with Crippen molar-refractivity contribution in [3.05, 3.63) is 23.2 Å². The molecule has 0 aliphatic carbocycles. The monoisotopic (exact) mass is 378 g/mol. The van der Waals surface area contributed by atoms with Crippen molar-refractivity contribution in [3.63, 3.8) is 0 Å². The maximum atomic E-state index is 12.0. The van der Waals surface area contributed by atoms with Gasteiger partial charge in [0.15, 0.2) is 0 Å². The molecule has 1 rings (SSSR count). The van der Waals surface area contributed by atoms with E-state index in [-0.39, 0.29) is 18.9 Å². The van der Waals surface area contributed by atoms with Crippen LogP contribution < -0.4 is 14.4 Å². The number of carbonyl (C=O) groups is 1. The molecule has 0 saturated carbocycles. The van der Waals surface area contributed by atoms with Crippen LogP contribution in [0.5, 0.6) is 5.75 Å². The lowest BCUT2D eigenvalue weighted by molar-refractivity contribution is -0.120. The Kier molecular flexibility index (Phi) is 8.30. The van der Waals surface area contributed by atoms with Gasteiger partial charge in [0.05, 0.1) is 24.1 Å². The molecular weight excluding hydrogens is 356 g/mol. The molecule has 0 unspecified atom stereocenters. The molecule has 136 valence electrons. The third-order valence-electron chi connectivity index (χ3n) is 3.21. The Morgan fingerprint density at radius 1 is 1.33 bits per heavy atom. The van der Waals surface area contributed by atoms with Gasteiger partial charge in [-0.2, -0.15) is 0 Å². The number of anilines is 1. The van der Waals surface area contributed by atoms with E-state index in [4.69, 9.17) is 21.1 Å². The van der Waals surface area contributed by atoms with Gasteiger partial charge in [-0.15, -0.1) is 0 Å². The Morgan fingerprint density at radius 2 is 2.04 bits per heavy atom. The summed E-state index contributed by atoms with van der Waals surface area (Å²) >= 11 is 6.05. The van der Waals surface area contributed by atoms with Gasteiger partial charge in [0, 0.05) is 33.2 Å². The van der Waals surface area contributed by atoms with E-state index in [0.29, 0.717) is 36.0 Å². The number of ether oxygens (including phenoxy) is 2. The summed E-state index contributed by atoms with van der Waals surface area (Å²) in [6, 6.07) is 4.67. The summed E-state index contributed by atoms with van der Waals surface area (Å²) < 4.78 is 35.1. The number of amides is 1. The lowest BCUT2D eigenvalue weighted by atomic mass is 10.3. The van der Waals surface area contributed by atoms with Gasteiger partial charge in [-0.3, -0.25) is 9.10 Å². The first-order valence-corrected chi connectivity index (χ1v) is 9.59. The minimum atomic E-state index is -3.55. The number of sulfonamides is 1. The van der Waals surface area contributed by atoms with Crippen LogP contribution in [0.1, 0.15) is 12.8 Å². The number of hydrogen-bond acceptors (Lipinski definition) is 5. The van der Waals surface area contributed by atoms with E-state index in [2.05, 4.69) is 5.32 Å². The predicted molar refractivity (Wildman–Crippen MR) is 94.3 cm³/mol. The Hall–Kier alpha value is -1.51. The summed E-state index contributed by atoms with van der Waals surface area (Å²) in [5, 5.41) is 3.02. The van der Waals surface area contributed by atoms with E-state index < -0.39 is 10.0 Å². The number of halogens is 1. The van der Waals surface area contributed by atoms with Crippen LogP contribution in [-0.2, 0) is 19.6 Å². The van der Waals surface area contributed by atoms with E-state index in [1.807, 2.05) is 0 Å². The van der Waals surface area contributed by atoms with Crippen molar-refractivity contribution in [2.75, 3.05) is 44.5 Å². The summed E-state index contributed by atoms with van der Waals surface area (Å²) in [5.41, 5.74) is 0.385. The fraction of sp³-hybridized carbons (Fsp3) is 0.533. The predicted octanol–water partition coefficient (Wildman–Crippen LogP) is 1.66. The van der Waals surface area contributed by atoms with Gasteiger partial charge < -0.3 is 14.8 Å². The summed E-state index contributed by atoms with van der Waals surface area (Å²) in [6.45, 7) is 1.07. The summed E-state index contributed by atoms with van der Waals surface area (Å²) in [4.78, 5) is 11.8. The lowest BCUT2D eigenvalue weighted by Crippen LogP contribution is -2.35. The molecule has 0 aliphatic rings. The normalized spacial score (nSPS) is 11.2. The highest BCUT2D eigenvalue weighted by Crippen LogP contribution is 2.30. The van der Waals surface area contributed by atoms with Crippen molar-refractivity contribution in [1.82, 2.24) is 5.32 Å². The van der Waals surface area contributed by atoms with Crippen LogP contribution in [0.4, 0.5) is 5.69 Å². The first-order chi connectivity index (χ1) is 11.3. The Bertz CT molecular complexity index is 651. The molecule has 9 heteroatoms. The van der Waals surface area contributed by atoms with Crippen molar-refractivity contribution in [3.8, 4) is 5.75 Å². The second kappa shape index (κ2) is 9.71. The van der Waals surface area contributed by atoms with Crippen LogP contribution >= 0.6 is 11.6 Å². The van der Waals surface area contributed by atoms with Gasteiger partial charge in [0.2, 0.25) is 15.9 Å². The van der Waals surface area contributed by atoms with Crippen LogP contribution in [0, 0.1) is 0 Å². The second-order valence-electron chi connectivity index (χ2n) is 5.10. The maximum Gasteiger partial charge on any atom is 0.232 e. The molecule has 24 heavy (non-hydrogen) atoms. The molecule has 0 heterocycles. The number of hydrogen-bond donors (Lipinski definition) is 1. The second-order valence-corrected chi connectivity index (χ2v) is 7.41. The molecule has 7 nitrogen and oxygen atoms in total. The molecule has 1 aromatic carbocycles. The van der Waals surface area contributed by atoms with Gasteiger partial charge in [0.25, 0.3) is 0 Å². The summed E-state index contributed by atoms with van der Waals surface area (Å²) in [7, 11) is -0.481. The zero-order valence-corrected chi connectivity index (χ0v) is 15.6. The quantitative estimate of drug-likeness (QED) is 0.626. The largest absolute Gasteiger partial charge is 0.495 e. The fourth-order valence-corrected chi connectivity index (χ4v) is 3.20. The van der Waals surface area contributed by atoms with Gasteiger partial charge in [0.1, 0.15) is 5.75 Å². The lowest BCUT2D eigenvalue weighted by Gasteiger charge is -2.22. The molecule has 0 aliphatic heterocycles. The highest BCUT2D eigenvalue weighted by molar-refractivity contribution is 7.92. The molecule has 0 atom stereocenters. The molecule has 0 aromatic heterocycles. The maximum absolute atomic E-state index is 12.0. The topological polar surface area (TPSA) is 84.9 Å². The van der Waals surface area contributed by atoms with Crippen LogP contribution in [0.25, 0.3) is 0 Å². The average molecular weight is 379 g/mol. The van der Waals surface area contributed by atoms with Crippen LogP contribution in [-0.4, -0.2) is 54.5 Å². The van der Waals surface area contributed by atoms with E-state index in [0.717, 1.165) is 10.6 Å². The van der Waals surface area contributed by atoms with E-state index >= 15 is 0 Å². The van der Waals surface area contributed by atoms with Crippen molar-refractivity contribution in [1.29, 1.82) is 0 Å². The Morgan fingerprint density at radius 3 is 2.58 bits per heavy atom. The first-order valence-electron chi connectivity index (χ1n) is 7.36. The SMILES string of the molecule is COCCCNC(=O)CCN(c1ccc(OC)c(Cl)c1)S(C)(=O)=O. The zero-order chi connectivity index (χ0) is 18.2. The summed E-state index contributed by atoms with van der Waals surface area (Å²) in [5.74, 6) is 0.226. The number of nitrogens with one attached hydrogen (secondary N) is 1. The van der Waals surface area contributed by atoms with Crippen molar-refractivity contribution in [2.24, 2.45) is 0 Å². The number of benzene rings is 1. The van der Waals surface area contributed by atoms with Crippen molar-refractivity contribution >= 4 is 33.2 Å². The molecular formula is C15H23ClN2O5S. The Labute approximate surface area is 147 Å². The first kappa shape index (κ1) is 20.5. The van der Waals surface area contributed by atoms with Gasteiger partial charge in [-0.1, -0.05) is 11.6 Å². The van der Waals surface area contributed by atoms with Gasteiger partial charge in [-0.25, -0.2) is 8.42 Å². The van der Waals surface area contributed by atoms with Crippen LogP contribution in [0.2, 0.25) is 5.02 Å². The number of rotatable bonds is 10. The molecule has 0 spiro atoms. The van der Waals surface area contributed by atoms with E-state index in [9.17, 15) is 13.2 Å². The average Bonchev–Trinajstić information content (AvgIpc) is 2.50. The summed E-state index contributed by atoms with van der Waals surface area (Å²) in [6.07, 6.45) is 1.83. The minimum absolute atomic E-state index is 0.0254. The molecule has 1 amide bonds. The van der Waals surface area contributed by atoms with Crippen molar-refractivity contribution in [2.45, 2.75) is 12.8 Å². The van der Waals surface area contributed by atoms with Crippen molar-refractivity contribution < 1.29 is 22.7 Å². The van der Waals surface area contributed by atoms with E-state index in [1.54, 1.807) is 19.2 Å². The highest BCUT2D eigenvalue weighted by Gasteiger charge is 2.19. The minimum Gasteiger partial charge on any atom is -0.495 e. The number of methoxy groups -OCH3 is 2. The molecule has 0 bridgehead atoms. The van der Waals surface area contributed by atoms with Gasteiger partial charge >= 0.3 is 0 Å². The number of nitrogens with zero attached hydrogens (tertiary/aromatic N) is 1. The third-order valence-corrected chi connectivity index (χ3v) is 4.70. The molecule has 0 radical (unpaired) electrons. The highest BCUT2D eigenvalue weighted by atomic mass is 35.5. The number of carbonyl (C=O) groups excluding carboxylic acids is 1. The molecule has 1 N–H and O–H groups in total. The molecule has 0 fully saturated rings. The third kappa shape index (κ3) is 6.54. The zero-order valence-electron chi connectivity index (χ0n) is 14.0.